The summed E-state index contributed by atoms with van der Waals surface area (Å²) in [6.45, 7) is 3.05. The second-order valence-electron chi connectivity index (χ2n) is 3.76. The van der Waals surface area contributed by atoms with E-state index >= 15 is 0 Å². The Morgan fingerprint density at radius 3 is 3.00 bits per heavy atom. The smallest absolute Gasteiger partial charge is 0.159 e. The number of imidazole rings is 1. The van der Waals surface area contributed by atoms with Crippen molar-refractivity contribution in [3.8, 4) is 0 Å². The van der Waals surface area contributed by atoms with Crippen LogP contribution in [0.5, 0.6) is 0 Å². The summed E-state index contributed by atoms with van der Waals surface area (Å²) >= 11 is 5.68. The average Bonchev–Trinajstić information content (AvgIpc) is 2.67. The van der Waals surface area contributed by atoms with Crippen LogP contribution in [0.25, 0.3) is 11.2 Å². The van der Waals surface area contributed by atoms with Crippen molar-refractivity contribution in [3.63, 3.8) is 0 Å². The number of alkyl halides is 1. The fourth-order valence-electron chi connectivity index (χ4n) is 1.91. The van der Waals surface area contributed by atoms with Crippen LogP contribution in [0.2, 0.25) is 0 Å². The van der Waals surface area contributed by atoms with Gasteiger partial charge in [0.2, 0.25) is 0 Å². The summed E-state index contributed by atoms with van der Waals surface area (Å²) in [6.07, 6.45) is 4.93. The molecule has 2 rings (SSSR count). The van der Waals surface area contributed by atoms with Crippen LogP contribution in [-0.4, -0.2) is 20.4 Å². The predicted molar refractivity (Wildman–Crippen MR) is 66.9 cm³/mol. The Labute approximate surface area is 100 Å². The Morgan fingerprint density at radius 1 is 1.38 bits per heavy atom. The van der Waals surface area contributed by atoms with E-state index in [1.165, 1.54) is 0 Å². The Balaban J connectivity index is 2.29. The molecule has 2 heterocycles. The summed E-state index contributed by atoms with van der Waals surface area (Å²) in [5, 5.41) is 0. The minimum absolute atomic E-state index is 0.727. The number of hydrogen-bond donors (Lipinski definition) is 0. The molecule has 0 aliphatic rings. The van der Waals surface area contributed by atoms with Gasteiger partial charge in [-0.05, 0) is 31.9 Å². The second kappa shape index (κ2) is 5.30. The molecule has 0 unspecified atom stereocenters. The third-order valence-corrected chi connectivity index (χ3v) is 2.95. The van der Waals surface area contributed by atoms with Gasteiger partial charge in [0, 0.05) is 25.0 Å². The quantitative estimate of drug-likeness (QED) is 0.591. The zero-order chi connectivity index (χ0) is 11.4. The van der Waals surface area contributed by atoms with Crippen LogP contribution < -0.4 is 0 Å². The second-order valence-corrected chi connectivity index (χ2v) is 4.14. The maximum absolute atomic E-state index is 5.68. The summed E-state index contributed by atoms with van der Waals surface area (Å²) in [5.41, 5.74) is 1.98. The van der Waals surface area contributed by atoms with E-state index in [4.69, 9.17) is 11.6 Å². The molecule has 0 saturated heterocycles. The van der Waals surface area contributed by atoms with Gasteiger partial charge in [-0.3, -0.25) is 0 Å². The van der Waals surface area contributed by atoms with Crippen LogP contribution in [0.3, 0.4) is 0 Å². The van der Waals surface area contributed by atoms with Gasteiger partial charge in [0.15, 0.2) is 5.65 Å². The molecule has 2 aromatic heterocycles. The molecule has 3 nitrogen and oxygen atoms in total. The zero-order valence-electron chi connectivity index (χ0n) is 9.49. The topological polar surface area (TPSA) is 30.7 Å². The molecule has 16 heavy (non-hydrogen) atoms. The normalized spacial score (nSPS) is 11.1. The lowest BCUT2D eigenvalue weighted by molar-refractivity contribution is 0.673. The Hall–Kier alpha value is -1.09. The van der Waals surface area contributed by atoms with E-state index in [2.05, 4.69) is 21.5 Å². The summed E-state index contributed by atoms with van der Waals surface area (Å²) in [4.78, 5) is 8.99. The van der Waals surface area contributed by atoms with Gasteiger partial charge < -0.3 is 4.57 Å². The molecule has 0 amide bonds. The molecule has 86 valence electrons. The number of nitrogens with zero attached hydrogens (tertiary/aromatic N) is 3. The van der Waals surface area contributed by atoms with Crippen LogP contribution in [0.4, 0.5) is 0 Å². The molecule has 0 atom stereocenters. The minimum atomic E-state index is 0.727. The van der Waals surface area contributed by atoms with Crippen molar-refractivity contribution in [2.24, 2.45) is 0 Å². The fraction of sp³-hybridized carbons (Fsp3) is 0.500. The highest BCUT2D eigenvalue weighted by Gasteiger charge is 2.09. The first-order valence-corrected chi connectivity index (χ1v) is 6.26. The van der Waals surface area contributed by atoms with E-state index < -0.39 is 0 Å². The highest BCUT2D eigenvalue weighted by atomic mass is 35.5. The Kier molecular flexibility index (Phi) is 3.78. The Bertz CT molecular complexity index is 464. The molecule has 0 bridgehead atoms. The predicted octanol–water partition coefficient (Wildman–Crippen LogP) is 3.01. The summed E-state index contributed by atoms with van der Waals surface area (Å²) < 4.78 is 2.18. The molecule has 0 radical (unpaired) electrons. The van der Waals surface area contributed by atoms with Gasteiger partial charge in [0.1, 0.15) is 11.3 Å². The van der Waals surface area contributed by atoms with Gasteiger partial charge in [-0.2, -0.15) is 0 Å². The first-order chi connectivity index (χ1) is 7.86. The van der Waals surface area contributed by atoms with E-state index in [0.29, 0.717) is 0 Å². The zero-order valence-corrected chi connectivity index (χ0v) is 10.2. The summed E-state index contributed by atoms with van der Waals surface area (Å²) in [5.74, 6) is 1.85. The van der Waals surface area contributed by atoms with Gasteiger partial charge in [-0.15, -0.1) is 11.6 Å². The van der Waals surface area contributed by atoms with Gasteiger partial charge in [-0.1, -0.05) is 0 Å². The average molecular weight is 238 g/mol. The van der Waals surface area contributed by atoms with Crippen LogP contribution in [0, 0.1) is 0 Å². The molecule has 4 heteroatoms. The Morgan fingerprint density at radius 2 is 2.25 bits per heavy atom. The monoisotopic (exact) mass is 237 g/mol. The van der Waals surface area contributed by atoms with Crippen molar-refractivity contribution in [2.45, 2.75) is 32.7 Å². The van der Waals surface area contributed by atoms with E-state index in [1.807, 2.05) is 18.3 Å². The van der Waals surface area contributed by atoms with E-state index in [0.717, 1.165) is 48.7 Å². The molecule has 0 aromatic carbocycles. The van der Waals surface area contributed by atoms with Gasteiger partial charge in [0.25, 0.3) is 0 Å². The molecule has 0 N–H and O–H groups in total. The van der Waals surface area contributed by atoms with Gasteiger partial charge in [0.05, 0.1) is 0 Å². The third kappa shape index (κ3) is 2.19. The minimum Gasteiger partial charge on any atom is -0.313 e. The molecular weight excluding hydrogens is 222 g/mol. The maximum Gasteiger partial charge on any atom is 0.159 e. The van der Waals surface area contributed by atoms with Gasteiger partial charge >= 0.3 is 0 Å². The third-order valence-electron chi connectivity index (χ3n) is 2.68. The maximum atomic E-state index is 5.68. The molecule has 2 aromatic rings. The first-order valence-electron chi connectivity index (χ1n) is 5.73. The number of unbranched alkanes of at least 4 members (excludes halogenated alkanes) is 1. The van der Waals surface area contributed by atoms with Crippen molar-refractivity contribution in [1.82, 2.24) is 14.5 Å². The number of hydrogen-bond acceptors (Lipinski definition) is 2. The summed E-state index contributed by atoms with van der Waals surface area (Å²) in [6, 6.07) is 3.94. The van der Waals surface area contributed by atoms with Crippen LogP contribution >= 0.6 is 11.6 Å². The standard InChI is InChI=1S/C12H16ClN3/c1-2-16-11(7-3-4-8-13)15-10-6-5-9-14-12(10)16/h5-6,9H,2-4,7-8H2,1H3. The van der Waals surface area contributed by atoms with E-state index in [9.17, 15) is 0 Å². The largest absolute Gasteiger partial charge is 0.313 e. The highest BCUT2D eigenvalue weighted by molar-refractivity contribution is 6.17. The van der Waals surface area contributed by atoms with E-state index in [-0.39, 0.29) is 0 Å². The lowest BCUT2D eigenvalue weighted by Crippen LogP contribution is -2.02. The number of rotatable bonds is 5. The molecule has 0 saturated carbocycles. The summed E-state index contributed by atoms with van der Waals surface area (Å²) in [7, 11) is 0. The molecule has 0 aliphatic carbocycles. The number of aromatic nitrogens is 3. The molecule has 0 spiro atoms. The number of halogens is 1. The fourth-order valence-corrected chi connectivity index (χ4v) is 2.10. The molecule has 0 fully saturated rings. The van der Waals surface area contributed by atoms with Crippen molar-refractivity contribution in [2.75, 3.05) is 5.88 Å². The number of aryl methyl sites for hydroxylation is 2. The van der Waals surface area contributed by atoms with Crippen molar-refractivity contribution < 1.29 is 0 Å². The van der Waals surface area contributed by atoms with Crippen molar-refractivity contribution in [3.05, 3.63) is 24.2 Å². The van der Waals surface area contributed by atoms with E-state index in [1.54, 1.807) is 0 Å². The van der Waals surface area contributed by atoms with Crippen molar-refractivity contribution >= 4 is 22.8 Å². The first kappa shape index (κ1) is 11.4. The highest BCUT2D eigenvalue weighted by Crippen LogP contribution is 2.15. The van der Waals surface area contributed by atoms with Gasteiger partial charge in [-0.25, -0.2) is 9.97 Å². The lowest BCUT2D eigenvalue weighted by atomic mass is 10.2. The van der Waals surface area contributed by atoms with Crippen molar-refractivity contribution in [1.29, 1.82) is 0 Å². The van der Waals surface area contributed by atoms with Crippen LogP contribution in [0.1, 0.15) is 25.6 Å². The molecular formula is C12H16ClN3. The van der Waals surface area contributed by atoms with Crippen LogP contribution in [0.15, 0.2) is 18.3 Å². The SMILES string of the molecule is CCn1c(CCCCCl)nc2cccnc21. The van der Waals surface area contributed by atoms with Crippen LogP contribution in [-0.2, 0) is 13.0 Å². The number of pyridine rings is 1. The number of fused-ring (bicyclic) bond motifs is 1. The molecule has 0 aliphatic heterocycles. The lowest BCUT2D eigenvalue weighted by Gasteiger charge is -2.04.